The molecule has 2 aromatic heterocycles. The van der Waals surface area contributed by atoms with Gasteiger partial charge in [-0.15, -0.1) is 0 Å². The Labute approximate surface area is 253 Å². The van der Waals surface area contributed by atoms with E-state index in [0.29, 0.717) is 23.6 Å². The summed E-state index contributed by atoms with van der Waals surface area (Å²) in [5.41, 5.74) is 1.37. The monoisotopic (exact) mass is 604 g/mol. The van der Waals surface area contributed by atoms with Crippen LogP contribution in [-0.4, -0.2) is 58.4 Å². The third kappa shape index (κ3) is 6.94. The number of nitrogens with zero attached hydrogens (tertiary/aromatic N) is 4. The maximum absolute atomic E-state index is 13.6. The number of nitrogens with one attached hydrogen (secondary N) is 2. The van der Waals surface area contributed by atoms with Crippen LogP contribution in [0.1, 0.15) is 71.5 Å². The van der Waals surface area contributed by atoms with Crippen LogP contribution in [0.5, 0.6) is 5.88 Å². The van der Waals surface area contributed by atoms with Crippen molar-refractivity contribution in [2.75, 3.05) is 31.6 Å². The van der Waals surface area contributed by atoms with Gasteiger partial charge in [0.05, 0.1) is 31.3 Å². The Kier molecular flexibility index (Phi) is 8.78. The van der Waals surface area contributed by atoms with Crippen LogP contribution in [0.4, 0.5) is 14.6 Å². The van der Waals surface area contributed by atoms with E-state index in [9.17, 15) is 28.4 Å². The number of carbonyl (C=O) groups is 2. The number of halogens is 2. The lowest BCUT2D eigenvalue weighted by Gasteiger charge is -2.39. The van der Waals surface area contributed by atoms with Crippen LogP contribution in [0.3, 0.4) is 0 Å². The number of carbonyl (C=O) groups excluding carboxylic acids is 2. The summed E-state index contributed by atoms with van der Waals surface area (Å²) in [6, 6.07) is 11.1. The van der Waals surface area contributed by atoms with E-state index >= 15 is 0 Å². The first-order chi connectivity index (χ1) is 21.0. The summed E-state index contributed by atoms with van der Waals surface area (Å²) >= 11 is 0. The number of anilines is 1. The lowest BCUT2D eigenvalue weighted by Crippen LogP contribution is -2.58. The molecule has 1 aromatic carbocycles. The van der Waals surface area contributed by atoms with Gasteiger partial charge in [0, 0.05) is 30.4 Å². The van der Waals surface area contributed by atoms with E-state index in [0.717, 1.165) is 29.8 Å². The number of hydrogen-bond donors (Lipinski definition) is 2. The molecule has 3 aromatic rings. The summed E-state index contributed by atoms with van der Waals surface area (Å²) in [4.78, 5) is 45.5. The zero-order valence-electron chi connectivity index (χ0n) is 24.8. The van der Waals surface area contributed by atoms with E-state index in [-0.39, 0.29) is 41.0 Å². The predicted octanol–water partition coefficient (Wildman–Crippen LogP) is 4.60. The number of pyridine rings is 2. The number of nitriles is 1. The summed E-state index contributed by atoms with van der Waals surface area (Å²) in [7, 11) is 0. The van der Waals surface area contributed by atoms with Gasteiger partial charge >= 0.3 is 0 Å². The van der Waals surface area contributed by atoms with Crippen molar-refractivity contribution < 1.29 is 23.1 Å². The van der Waals surface area contributed by atoms with Gasteiger partial charge in [-0.25, -0.2) is 8.78 Å². The summed E-state index contributed by atoms with van der Waals surface area (Å²) in [6.45, 7) is 6.04. The molecule has 1 aliphatic carbocycles. The number of alkyl halides is 2. The maximum Gasteiger partial charge on any atom is 0.282 e. The van der Waals surface area contributed by atoms with Crippen molar-refractivity contribution in [3.63, 3.8) is 0 Å². The molecule has 1 saturated carbocycles. The minimum Gasteiger partial charge on any atom is -0.478 e. The minimum atomic E-state index is -2.96. The van der Waals surface area contributed by atoms with Gasteiger partial charge in [-0.05, 0) is 73.2 Å². The van der Waals surface area contributed by atoms with Crippen LogP contribution in [0.2, 0.25) is 0 Å². The second-order valence-corrected chi connectivity index (χ2v) is 11.6. The summed E-state index contributed by atoms with van der Waals surface area (Å²) < 4.78 is 34.4. The zero-order chi connectivity index (χ0) is 31.6. The average molecular weight is 605 g/mol. The van der Waals surface area contributed by atoms with Gasteiger partial charge in [-0.1, -0.05) is 19.9 Å². The first-order valence-electron chi connectivity index (χ1n) is 14.6. The highest BCUT2D eigenvalue weighted by Gasteiger charge is 2.46. The smallest absolute Gasteiger partial charge is 0.282 e. The molecule has 10 nitrogen and oxygen atoms in total. The Morgan fingerprint density at radius 1 is 1.16 bits per heavy atom. The number of hydrogen-bond acceptors (Lipinski definition) is 7. The molecule has 12 heteroatoms. The first kappa shape index (κ1) is 30.8. The number of likely N-dealkylation sites (tertiary alicyclic amines) is 1. The number of ether oxygens (including phenoxy) is 1. The van der Waals surface area contributed by atoms with Crippen LogP contribution in [0, 0.1) is 17.2 Å². The molecule has 0 spiro atoms. The van der Waals surface area contributed by atoms with Gasteiger partial charge in [-0.2, -0.15) is 10.2 Å². The molecule has 3 heterocycles. The Balaban J connectivity index is 1.49. The van der Waals surface area contributed by atoms with E-state index in [1.165, 1.54) is 18.2 Å². The molecular weight excluding hydrogens is 570 g/mol. The molecule has 1 aliphatic heterocycles. The zero-order valence-corrected chi connectivity index (χ0v) is 24.8. The van der Waals surface area contributed by atoms with E-state index in [1.807, 2.05) is 6.07 Å². The van der Waals surface area contributed by atoms with Crippen LogP contribution in [0.25, 0.3) is 11.1 Å². The lowest BCUT2D eigenvalue weighted by molar-refractivity contribution is -0.113. The molecule has 0 radical (unpaired) electrons. The highest BCUT2D eigenvalue weighted by Crippen LogP contribution is 2.35. The minimum absolute atomic E-state index is 0.0288. The Morgan fingerprint density at radius 2 is 1.91 bits per heavy atom. The van der Waals surface area contributed by atoms with Gasteiger partial charge in [0.1, 0.15) is 11.4 Å². The van der Waals surface area contributed by atoms with Gasteiger partial charge in [0.25, 0.3) is 23.3 Å². The summed E-state index contributed by atoms with van der Waals surface area (Å²) in [6.07, 6.45) is 3.53. The van der Waals surface area contributed by atoms with Gasteiger partial charge in [0.2, 0.25) is 5.88 Å². The highest BCUT2D eigenvalue weighted by molar-refractivity contribution is 6.05. The van der Waals surface area contributed by atoms with Crippen molar-refractivity contribution in [1.29, 1.82) is 5.26 Å². The van der Waals surface area contributed by atoms with E-state index in [4.69, 9.17) is 4.74 Å². The fourth-order valence-corrected chi connectivity index (χ4v) is 5.05. The molecule has 44 heavy (non-hydrogen) atoms. The van der Waals surface area contributed by atoms with Crippen molar-refractivity contribution in [1.82, 2.24) is 19.8 Å². The largest absolute Gasteiger partial charge is 0.478 e. The quantitative estimate of drug-likeness (QED) is 0.327. The van der Waals surface area contributed by atoms with Crippen LogP contribution in [0.15, 0.2) is 47.4 Å². The molecule has 1 saturated heterocycles. The molecule has 2 N–H and O–H groups in total. The molecule has 2 amide bonds. The Hall–Kier alpha value is -4.63. The van der Waals surface area contributed by atoms with Crippen molar-refractivity contribution in [2.45, 2.75) is 52.1 Å². The van der Waals surface area contributed by atoms with Gasteiger partial charge in [-0.3, -0.25) is 14.4 Å². The Bertz CT molecular complexity index is 1680. The second kappa shape index (κ2) is 12.5. The number of rotatable bonds is 11. The molecule has 0 bridgehead atoms. The number of amides is 2. The van der Waals surface area contributed by atoms with Gasteiger partial charge in [0.15, 0.2) is 0 Å². The number of aromatic nitrogens is 2. The molecule has 230 valence electrons. The summed E-state index contributed by atoms with van der Waals surface area (Å²) in [5.74, 6) is -3.62. The lowest BCUT2D eigenvalue weighted by atomic mass is 9.96. The maximum atomic E-state index is 13.6. The van der Waals surface area contributed by atoms with Crippen LogP contribution < -0.4 is 20.9 Å². The van der Waals surface area contributed by atoms with Gasteiger partial charge < -0.3 is 24.8 Å². The van der Waals surface area contributed by atoms with E-state index in [1.54, 1.807) is 35.9 Å². The molecule has 2 fully saturated rings. The average Bonchev–Trinajstić information content (AvgIpc) is 3.81. The van der Waals surface area contributed by atoms with Crippen molar-refractivity contribution in [2.24, 2.45) is 5.92 Å². The normalized spacial score (nSPS) is 15.4. The van der Waals surface area contributed by atoms with Crippen LogP contribution in [-0.2, 0) is 6.54 Å². The second-order valence-electron chi connectivity index (χ2n) is 11.6. The third-order valence-corrected chi connectivity index (χ3v) is 7.32. The molecule has 2 aliphatic rings. The third-order valence-electron chi connectivity index (χ3n) is 7.32. The molecular formula is C32H34F2N6O4. The standard InChI is InChI=1S/C32H34F2N6O4/c1-4-44-28-12-22(24-8-5-20(13-35)9-25(24)30(42)39-17-32(33,34)18-39)11-27(37-28)38-29(41)26-10-21(15-36-14-19(2)3)16-40(31(26)43)23-6-7-23/h5,8-12,16,19,23,36H,4,6-7,14-15,17-18H2,1-3H3,(H,37,38,41). The molecule has 0 unspecified atom stereocenters. The van der Waals surface area contributed by atoms with E-state index in [2.05, 4.69) is 29.5 Å². The SMILES string of the molecule is CCOc1cc(-c2ccc(C#N)cc2C(=O)N2CC(F)(F)C2)cc(NC(=O)c2cc(CNCC(C)C)cn(C3CC3)c2=O)n1. The first-order valence-corrected chi connectivity index (χ1v) is 14.6. The number of benzene rings is 1. The topological polar surface area (TPSA) is 129 Å². The molecule has 5 rings (SSSR count). The fourth-order valence-electron chi connectivity index (χ4n) is 5.05. The Morgan fingerprint density at radius 3 is 2.55 bits per heavy atom. The summed E-state index contributed by atoms with van der Waals surface area (Å²) in [5, 5.41) is 15.5. The van der Waals surface area contributed by atoms with Crippen molar-refractivity contribution in [3.8, 4) is 23.1 Å². The molecule has 0 atom stereocenters. The predicted molar refractivity (Wildman–Crippen MR) is 160 cm³/mol. The van der Waals surface area contributed by atoms with Crippen molar-refractivity contribution >= 4 is 17.6 Å². The van der Waals surface area contributed by atoms with Crippen molar-refractivity contribution in [3.05, 3.63) is 75.2 Å². The highest BCUT2D eigenvalue weighted by atomic mass is 19.3. The van der Waals surface area contributed by atoms with E-state index < -0.39 is 36.4 Å². The fraction of sp³-hybridized carbons (Fsp3) is 0.406. The van der Waals surface area contributed by atoms with Crippen LogP contribution >= 0.6 is 0 Å².